The Labute approximate surface area is 144 Å². The summed E-state index contributed by atoms with van der Waals surface area (Å²) in [7, 11) is 0. The standard InChI is InChI=1S/C18H15ClN2O3/c1-2-12-4-3-5-15(10-12)20-17(23)18(24)21-16(11-22)13-6-8-14(19)9-7-13/h1,3-10,16,22H,11H2,(H,20,23)(H,21,24). The number of hydrogen-bond acceptors (Lipinski definition) is 3. The molecular formula is C18H15ClN2O3. The molecule has 3 N–H and O–H groups in total. The summed E-state index contributed by atoms with van der Waals surface area (Å²) in [5, 5.41) is 14.9. The molecule has 5 nitrogen and oxygen atoms in total. The van der Waals surface area contributed by atoms with Crippen molar-refractivity contribution in [1.29, 1.82) is 0 Å². The highest BCUT2D eigenvalue weighted by atomic mass is 35.5. The highest BCUT2D eigenvalue weighted by Gasteiger charge is 2.19. The average Bonchev–Trinajstić information content (AvgIpc) is 2.60. The number of amides is 2. The van der Waals surface area contributed by atoms with Gasteiger partial charge in [-0.2, -0.15) is 0 Å². The quantitative estimate of drug-likeness (QED) is 0.588. The number of terminal acetylenes is 1. The van der Waals surface area contributed by atoms with Crippen molar-refractivity contribution in [2.24, 2.45) is 0 Å². The molecule has 24 heavy (non-hydrogen) atoms. The second-order valence-electron chi connectivity index (χ2n) is 4.94. The van der Waals surface area contributed by atoms with Gasteiger partial charge in [0.05, 0.1) is 12.6 Å². The topological polar surface area (TPSA) is 78.4 Å². The number of anilines is 1. The Morgan fingerprint density at radius 2 is 1.88 bits per heavy atom. The van der Waals surface area contributed by atoms with Crippen LogP contribution in [0.1, 0.15) is 17.2 Å². The molecule has 0 aliphatic rings. The Balaban J connectivity index is 2.03. The molecule has 0 spiro atoms. The number of carbonyl (C=O) groups excluding carboxylic acids is 2. The summed E-state index contributed by atoms with van der Waals surface area (Å²) in [5.74, 6) is 0.725. The van der Waals surface area contributed by atoms with E-state index in [4.69, 9.17) is 18.0 Å². The fourth-order valence-electron chi connectivity index (χ4n) is 2.03. The van der Waals surface area contributed by atoms with Crippen molar-refractivity contribution in [3.63, 3.8) is 0 Å². The number of aliphatic hydroxyl groups excluding tert-OH is 1. The van der Waals surface area contributed by atoms with Crippen LogP contribution < -0.4 is 10.6 Å². The lowest BCUT2D eigenvalue weighted by Crippen LogP contribution is -2.39. The summed E-state index contributed by atoms with van der Waals surface area (Å²) < 4.78 is 0. The van der Waals surface area contributed by atoms with Gasteiger partial charge in [0, 0.05) is 16.3 Å². The Hall–Kier alpha value is -2.81. The summed E-state index contributed by atoms with van der Waals surface area (Å²) in [6, 6.07) is 12.5. The highest BCUT2D eigenvalue weighted by molar-refractivity contribution is 6.39. The van der Waals surface area contributed by atoms with Crippen LogP contribution in [0.25, 0.3) is 0 Å². The van der Waals surface area contributed by atoms with Crippen LogP contribution in [0.2, 0.25) is 5.02 Å². The van der Waals surface area contributed by atoms with E-state index in [-0.39, 0.29) is 6.61 Å². The van der Waals surface area contributed by atoms with E-state index >= 15 is 0 Å². The van der Waals surface area contributed by atoms with Gasteiger partial charge in [0.1, 0.15) is 0 Å². The molecule has 2 amide bonds. The number of nitrogens with one attached hydrogen (secondary N) is 2. The lowest BCUT2D eigenvalue weighted by molar-refractivity contribution is -0.136. The zero-order valence-corrected chi connectivity index (χ0v) is 13.4. The van der Waals surface area contributed by atoms with Crippen molar-refractivity contribution in [3.8, 4) is 12.3 Å². The summed E-state index contributed by atoms with van der Waals surface area (Å²) in [5.41, 5.74) is 1.64. The van der Waals surface area contributed by atoms with Crippen LogP contribution in [-0.2, 0) is 9.59 Å². The van der Waals surface area contributed by atoms with E-state index in [2.05, 4.69) is 16.6 Å². The van der Waals surface area contributed by atoms with Gasteiger partial charge in [-0.05, 0) is 35.9 Å². The largest absolute Gasteiger partial charge is 0.394 e. The van der Waals surface area contributed by atoms with E-state index in [1.807, 2.05) is 0 Å². The second-order valence-corrected chi connectivity index (χ2v) is 5.38. The van der Waals surface area contributed by atoms with Crippen LogP contribution in [0.3, 0.4) is 0 Å². The van der Waals surface area contributed by atoms with Crippen molar-refractivity contribution in [2.75, 3.05) is 11.9 Å². The van der Waals surface area contributed by atoms with Crippen molar-refractivity contribution < 1.29 is 14.7 Å². The maximum Gasteiger partial charge on any atom is 0.313 e. The minimum Gasteiger partial charge on any atom is -0.394 e. The first kappa shape index (κ1) is 17.5. The monoisotopic (exact) mass is 342 g/mol. The molecule has 2 aromatic carbocycles. The lowest BCUT2D eigenvalue weighted by Gasteiger charge is -2.16. The van der Waals surface area contributed by atoms with Gasteiger partial charge in [-0.15, -0.1) is 6.42 Å². The van der Waals surface area contributed by atoms with E-state index in [0.717, 1.165) is 0 Å². The second kappa shape index (κ2) is 8.16. The number of rotatable bonds is 4. The zero-order chi connectivity index (χ0) is 17.5. The van der Waals surface area contributed by atoms with Crippen LogP contribution in [0.4, 0.5) is 5.69 Å². The lowest BCUT2D eigenvalue weighted by atomic mass is 10.1. The molecule has 6 heteroatoms. The molecule has 0 aromatic heterocycles. The Morgan fingerprint density at radius 1 is 1.17 bits per heavy atom. The average molecular weight is 343 g/mol. The molecule has 0 radical (unpaired) electrons. The predicted molar refractivity (Wildman–Crippen MR) is 92.4 cm³/mol. The molecule has 0 saturated heterocycles. The fraction of sp³-hybridized carbons (Fsp3) is 0.111. The first-order valence-electron chi connectivity index (χ1n) is 7.08. The number of halogens is 1. The Bertz CT molecular complexity index is 782. The molecule has 2 aromatic rings. The van der Waals surface area contributed by atoms with Crippen molar-refractivity contribution in [2.45, 2.75) is 6.04 Å². The van der Waals surface area contributed by atoms with E-state index in [0.29, 0.717) is 21.8 Å². The van der Waals surface area contributed by atoms with Crippen LogP contribution in [-0.4, -0.2) is 23.5 Å². The third-order valence-corrected chi connectivity index (χ3v) is 3.51. The summed E-state index contributed by atoms with van der Waals surface area (Å²) in [4.78, 5) is 24.0. The number of benzene rings is 2. The van der Waals surface area contributed by atoms with Crippen LogP contribution in [0.15, 0.2) is 48.5 Å². The number of aliphatic hydroxyl groups is 1. The molecule has 0 aliphatic heterocycles. The Morgan fingerprint density at radius 3 is 2.50 bits per heavy atom. The number of carbonyl (C=O) groups is 2. The SMILES string of the molecule is C#Cc1cccc(NC(=O)C(=O)NC(CO)c2ccc(Cl)cc2)c1. The molecule has 122 valence electrons. The van der Waals surface area contributed by atoms with Gasteiger partial charge in [-0.3, -0.25) is 9.59 Å². The van der Waals surface area contributed by atoms with Gasteiger partial charge in [0.15, 0.2) is 0 Å². The van der Waals surface area contributed by atoms with Gasteiger partial charge >= 0.3 is 11.8 Å². The third kappa shape index (κ3) is 4.59. The Kier molecular flexibility index (Phi) is 5.96. The van der Waals surface area contributed by atoms with E-state index in [1.165, 1.54) is 0 Å². The molecule has 2 rings (SSSR count). The zero-order valence-electron chi connectivity index (χ0n) is 12.6. The molecule has 0 heterocycles. The number of hydrogen-bond donors (Lipinski definition) is 3. The fourth-order valence-corrected chi connectivity index (χ4v) is 2.15. The van der Waals surface area contributed by atoms with E-state index in [1.54, 1.807) is 48.5 Å². The molecule has 0 aliphatic carbocycles. The molecule has 0 fully saturated rings. The first-order chi connectivity index (χ1) is 11.5. The van der Waals surface area contributed by atoms with Gasteiger partial charge in [-0.25, -0.2) is 0 Å². The minimum atomic E-state index is -0.866. The van der Waals surface area contributed by atoms with Crippen LogP contribution >= 0.6 is 11.6 Å². The van der Waals surface area contributed by atoms with E-state index < -0.39 is 17.9 Å². The first-order valence-corrected chi connectivity index (χ1v) is 7.46. The van der Waals surface area contributed by atoms with Crippen molar-refractivity contribution in [1.82, 2.24) is 5.32 Å². The molecular weight excluding hydrogens is 328 g/mol. The normalized spacial score (nSPS) is 11.2. The summed E-state index contributed by atoms with van der Waals surface area (Å²) in [6.45, 7) is -0.354. The summed E-state index contributed by atoms with van der Waals surface area (Å²) >= 11 is 5.80. The molecule has 1 atom stereocenters. The predicted octanol–water partition coefficient (Wildman–Crippen LogP) is 2.11. The smallest absolute Gasteiger partial charge is 0.313 e. The van der Waals surface area contributed by atoms with Gasteiger partial charge in [-0.1, -0.05) is 35.7 Å². The van der Waals surface area contributed by atoms with Gasteiger partial charge < -0.3 is 15.7 Å². The van der Waals surface area contributed by atoms with Crippen LogP contribution in [0, 0.1) is 12.3 Å². The third-order valence-electron chi connectivity index (χ3n) is 3.25. The molecule has 0 saturated carbocycles. The van der Waals surface area contributed by atoms with Gasteiger partial charge in [0.25, 0.3) is 0 Å². The van der Waals surface area contributed by atoms with Gasteiger partial charge in [0.2, 0.25) is 0 Å². The minimum absolute atomic E-state index is 0.354. The van der Waals surface area contributed by atoms with E-state index in [9.17, 15) is 14.7 Å². The molecule has 0 bridgehead atoms. The van der Waals surface area contributed by atoms with Crippen molar-refractivity contribution in [3.05, 3.63) is 64.7 Å². The summed E-state index contributed by atoms with van der Waals surface area (Å²) in [6.07, 6.45) is 5.29. The molecule has 1 unspecified atom stereocenters. The van der Waals surface area contributed by atoms with Crippen molar-refractivity contribution >= 4 is 29.1 Å². The van der Waals surface area contributed by atoms with Crippen LogP contribution in [0.5, 0.6) is 0 Å². The maximum absolute atomic E-state index is 12.0. The highest BCUT2D eigenvalue weighted by Crippen LogP contribution is 2.16. The maximum atomic E-state index is 12.0.